The molecule has 2 unspecified atom stereocenters. The van der Waals surface area contributed by atoms with Gasteiger partial charge in [-0.1, -0.05) is 22.9 Å². The van der Waals surface area contributed by atoms with Crippen LogP contribution >= 0.6 is 15.9 Å². The lowest BCUT2D eigenvalue weighted by Crippen LogP contribution is -2.36. The number of methoxy groups -OCH3 is 1. The van der Waals surface area contributed by atoms with Crippen LogP contribution in [0.15, 0.2) is 22.7 Å². The maximum atomic E-state index is 5.47. The van der Waals surface area contributed by atoms with E-state index >= 15 is 0 Å². The molecule has 1 aliphatic carbocycles. The third kappa shape index (κ3) is 3.96. The molecular weight excluding hydrogens is 302 g/mol. The minimum Gasteiger partial charge on any atom is -0.496 e. The van der Waals surface area contributed by atoms with Crippen molar-refractivity contribution in [2.45, 2.75) is 32.6 Å². The highest BCUT2D eigenvalue weighted by Gasteiger charge is 2.30. The monoisotopic (exact) mass is 325 g/mol. The van der Waals surface area contributed by atoms with Gasteiger partial charge in [0.25, 0.3) is 0 Å². The molecule has 1 aromatic carbocycles. The van der Waals surface area contributed by atoms with Crippen molar-refractivity contribution in [2.75, 3.05) is 20.2 Å². The van der Waals surface area contributed by atoms with E-state index in [1.807, 2.05) is 6.07 Å². The molecule has 0 spiro atoms. The van der Waals surface area contributed by atoms with E-state index in [1.54, 1.807) is 7.11 Å². The summed E-state index contributed by atoms with van der Waals surface area (Å²) in [7, 11) is 1.76. The quantitative estimate of drug-likeness (QED) is 0.764. The Morgan fingerprint density at radius 3 is 2.74 bits per heavy atom. The SMILES string of the molecule is CCCNCC1CCC1Cc1cc(Br)ccc1OC. The number of benzene rings is 1. The molecule has 1 saturated carbocycles. The van der Waals surface area contributed by atoms with Gasteiger partial charge in [-0.3, -0.25) is 0 Å². The first kappa shape index (κ1) is 14.9. The fourth-order valence-corrected chi connectivity index (χ4v) is 3.24. The Balaban J connectivity index is 1.92. The van der Waals surface area contributed by atoms with Crippen LogP contribution in [0.1, 0.15) is 31.7 Å². The largest absolute Gasteiger partial charge is 0.496 e. The number of hydrogen-bond donors (Lipinski definition) is 1. The molecule has 1 aromatic rings. The van der Waals surface area contributed by atoms with E-state index < -0.39 is 0 Å². The Kier molecular flexibility index (Phi) is 5.71. The lowest BCUT2D eigenvalue weighted by atomic mass is 9.70. The molecule has 0 radical (unpaired) electrons. The zero-order chi connectivity index (χ0) is 13.7. The lowest BCUT2D eigenvalue weighted by molar-refractivity contribution is 0.170. The highest BCUT2D eigenvalue weighted by atomic mass is 79.9. The van der Waals surface area contributed by atoms with Crippen molar-refractivity contribution in [1.29, 1.82) is 0 Å². The number of ether oxygens (including phenoxy) is 1. The smallest absolute Gasteiger partial charge is 0.122 e. The number of rotatable bonds is 7. The predicted octanol–water partition coefficient (Wildman–Crippen LogP) is 4.03. The van der Waals surface area contributed by atoms with Crippen LogP contribution in [0.3, 0.4) is 0 Å². The van der Waals surface area contributed by atoms with Crippen LogP contribution in [0.25, 0.3) is 0 Å². The van der Waals surface area contributed by atoms with Crippen molar-refractivity contribution >= 4 is 15.9 Å². The molecule has 1 N–H and O–H groups in total. The third-order valence-corrected chi connectivity index (χ3v) is 4.63. The Labute approximate surface area is 125 Å². The Bertz CT molecular complexity index is 408. The van der Waals surface area contributed by atoms with Crippen molar-refractivity contribution in [2.24, 2.45) is 11.8 Å². The van der Waals surface area contributed by atoms with Gasteiger partial charge in [0.2, 0.25) is 0 Å². The molecule has 0 aliphatic heterocycles. The first-order valence-electron chi connectivity index (χ1n) is 7.27. The molecule has 3 heteroatoms. The second-order valence-electron chi connectivity index (χ2n) is 5.46. The summed E-state index contributed by atoms with van der Waals surface area (Å²) < 4.78 is 6.61. The van der Waals surface area contributed by atoms with Gasteiger partial charge in [0.1, 0.15) is 5.75 Å². The van der Waals surface area contributed by atoms with E-state index in [4.69, 9.17) is 4.74 Å². The molecule has 0 bridgehead atoms. The molecule has 2 rings (SSSR count). The van der Waals surface area contributed by atoms with E-state index in [0.717, 1.165) is 35.0 Å². The average molecular weight is 326 g/mol. The third-order valence-electron chi connectivity index (χ3n) is 4.13. The van der Waals surface area contributed by atoms with Gasteiger partial charge in [0.15, 0.2) is 0 Å². The minimum absolute atomic E-state index is 0.813. The van der Waals surface area contributed by atoms with E-state index in [2.05, 4.69) is 40.3 Å². The summed E-state index contributed by atoms with van der Waals surface area (Å²) in [4.78, 5) is 0. The van der Waals surface area contributed by atoms with Gasteiger partial charge >= 0.3 is 0 Å². The summed E-state index contributed by atoms with van der Waals surface area (Å²) in [5.41, 5.74) is 1.34. The molecule has 0 aromatic heterocycles. The molecule has 19 heavy (non-hydrogen) atoms. The molecule has 0 saturated heterocycles. The van der Waals surface area contributed by atoms with Crippen LogP contribution in [0.2, 0.25) is 0 Å². The molecule has 2 nitrogen and oxygen atoms in total. The summed E-state index contributed by atoms with van der Waals surface area (Å²) >= 11 is 3.55. The van der Waals surface area contributed by atoms with E-state index in [-0.39, 0.29) is 0 Å². The minimum atomic E-state index is 0.813. The average Bonchev–Trinajstić information content (AvgIpc) is 2.40. The molecule has 106 valence electrons. The lowest BCUT2D eigenvalue weighted by Gasteiger charge is -2.37. The molecule has 0 amide bonds. The van der Waals surface area contributed by atoms with Crippen LogP contribution < -0.4 is 10.1 Å². The number of nitrogens with one attached hydrogen (secondary N) is 1. The van der Waals surface area contributed by atoms with Crippen LogP contribution in [0.5, 0.6) is 5.75 Å². The van der Waals surface area contributed by atoms with Crippen LogP contribution in [-0.4, -0.2) is 20.2 Å². The van der Waals surface area contributed by atoms with Gasteiger partial charge in [-0.05, 0) is 74.4 Å². The highest BCUT2D eigenvalue weighted by Crippen LogP contribution is 2.38. The molecule has 1 aliphatic rings. The number of hydrogen-bond acceptors (Lipinski definition) is 2. The molecular formula is C16H24BrNO. The van der Waals surface area contributed by atoms with Gasteiger partial charge in [-0.25, -0.2) is 0 Å². The maximum absolute atomic E-state index is 5.47. The first-order chi connectivity index (χ1) is 9.24. The Morgan fingerprint density at radius 2 is 2.11 bits per heavy atom. The van der Waals surface area contributed by atoms with Gasteiger partial charge in [0, 0.05) is 4.47 Å². The Morgan fingerprint density at radius 1 is 1.32 bits per heavy atom. The van der Waals surface area contributed by atoms with E-state index in [1.165, 1.54) is 31.4 Å². The summed E-state index contributed by atoms with van der Waals surface area (Å²) in [5.74, 6) is 2.68. The summed E-state index contributed by atoms with van der Waals surface area (Å²) in [6.07, 6.45) is 5.09. The fraction of sp³-hybridized carbons (Fsp3) is 0.625. The van der Waals surface area contributed by atoms with Crippen molar-refractivity contribution in [3.8, 4) is 5.75 Å². The number of halogens is 1. The predicted molar refractivity (Wildman–Crippen MR) is 83.8 cm³/mol. The summed E-state index contributed by atoms with van der Waals surface area (Å²) in [6.45, 7) is 4.54. The normalized spacial score (nSPS) is 22.1. The van der Waals surface area contributed by atoms with Gasteiger partial charge < -0.3 is 10.1 Å². The highest BCUT2D eigenvalue weighted by molar-refractivity contribution is 9.10. The van der Waals surface area contributed by atoms with Crippen molar-refractivity contribution in [3.05, 3.63) is 28.2 Å². The molecule has 2 atom stereocenters. The summed E-state index contributed by atoms with van der Waals surface area (Å²) in [6, 6.07) is 6.31. The Hall–Kier alpha value is -0.540. The molecule has 0 heterocycles. The fourth-order valence-electron chi connectivity index (χ4n) is 2.83. The van der Waals surface area contributed by atoms with E-state index in [0.29, 0.717) is 0 Å². The maximum Gasteiger partial charge on any atom is 0.122 e. The van der Waals surface area contributed by atoms with Crippen LogP contribution in [0.4, 0.5) is 0 Å². The standard InChI is InChI=1S/C16H24BrNO/c1-3-8-18-11-13-5-4-12(13)9-14-10-15(17)6-7-16(14)19-2/h6-7,10,12-13,18H,3-5,8-9,11H2,1-2H3. The van der Waals surface area contributed by atoms with Gasteiger partial charge in [-0.15, -0.1) is 0 Å². The summed E-state index contributed by atoms with van der Waals surface area (Å²) in [5, 5.41) is 3.55. The van der Waals surface area contributed by atoms with E-state index in [9.17, 15) is 0 Å². The second-order valence-corrected chi connectivity index (χ2v) is 6.38. The molecule has 1 fully saturated rings. The zero-order valence-electron chi connectivity index (χ0n) is 11.9. The van der Waals surface area contributed by atoms with Crippen LogP contribution in [0, 0.1) is 11.8 Å². The van der Waals surface area contributed by atoms with Crippen molar-refractivity contribution in [1.82, 2.24) is 5.32 Å². The van der Waals surface area contributed by atoms with Crippen molar-refractivity contribution < 1.29 is 4.74 Å². The first-order valence-corrected chi connectivity index (χ1v) is 8.07. The van der Waals surface area contributed by atoms with Crippen LogP contribution in [-0.2, 0) is 6.42 Å². The van der Waals surface area contributed by atoms with Gasteiger partial charge in [0.05, 0.1) is 7.11 Å². The van der Waals surface area contributed by atoms with Crippen molar-refractivity contribution in [3.63, 3.8) is 0 Å². The van der Waals surface area contributed by atoms with Gasteiger partial charge in [-0.2, -0.15) is 0 Å². The second kappa shape index (κ2) is 7.30. The topological polar surface area (TPSA) is 21.3 Å². The zero-order valence-corrected chi connectivity index (χ0v) is 13.5.